The Morgan fingerprint density at radius 1 is 1.13 bits per heavy atom. The Bertz CT molecular complexity index is 718. The largest absolute Gasteiger partial charge is 0.481 e. The number of hydrazone groups is 1. The number of nitrogens with one attached hydrogen (secondary N) is 1. The van der Waals surface area contributed by atoms with Crippen molar-refractivity contribution < 1.29 is 13.9 Å². The molecule has 0 radical (unpaired) electrons. The Labute approximate surface area is 173 Å². The van der Waals surface area contributed by atoms with E-state index in [0.29, 0.717) is 16.2 Å². The molecular weight excluding hydrogens is 632 g/mol. The fraction of sp³-hybridized carbons (Fsp3) is 0.0769. The van der Waals surface area contributed by atoms with Gasteiger partial charge in [-0.2, -0.15) is 5.10 Å². The number of carbonyl (C=O) groups is 1. The fourth-order valence-electron chi connectivity index (χ4n) is 1.43. The minimum atomic E-state index is -0.396. The average Bonchev–Trinajstić information content (AvgIpc) is 2.76. The van der Waals surface area contributed by atoms with Crippen LogP contribution < -0.4 is 10.2 Å². The molecule has 1 amide bonds. The van der Waals surface area contributed by atoms with Crippen LogP contribution in [0.5, 0.6) is 5.75 Å². The van der Waals surface area contributed by atoms with Crippen LogP contribution in [0.25, 0.3) is 0 Å². The minimum Gasteiger partial charge on any atom is -0.481 e. The van der Waals surface area contributed by atoms with E-state index in [1.54, 1.807) is 6.07 Å². The molecule has 0 saturated heterocycles. The first-order valence-corrected chi connectivity index (χ1v) is 9.87. The highest BCUT2D eigenvalue weighted by molar-refractivity contribution is 9.13. The van der Waals surface area contributed by atoms with Gasteiger partial charge in [-0.05, 0) is 75.9 Å². The van der Waals surface area contributed by atoms with Crippen LogP contribution in [0.15, 0.2) is 50.3 Å². The molecule has 2 aromatic rings. The van der Waals surface area contributed by atoms with E-state index in [4.69, 9.17) is 9.15 Å². The molecule has 0 saturated carbocycles. The molecule has 23 heavy (non-hydrogen) atoms. The van der Waals surface area contributed by atoms with Gasteiger partial charge in [-0.3, -0.25) is 4.79 Å². The molecule has 1 aromatic heterocycles. The number of ether oxygens (including phenoxy) is 1. The summed E-state index contributed by atoms with van der Waals surface area (Å²) in [6, 6.07) is 5.36. The molecule has 1 aromatic carbocycles. The molecule has 122 valence electrons. The van der Waals surface area contributed by atoms with Gasteiger partial charge in [0.15, 0.2) is 11.3 Å². The highest BCUT2D eigenvalue weighted by atomic mass is 79.9. The number of furan rings is 1. The van der Waals surface area contributed by atoms with E-state index in [9.17, 15) is 4.79 Å². The first-order valence-electron chi connectivity index (χ1n) is 5.91. The van der Waals surface area contributed by atoms with Gasteiger partial charge >= 0.3 is 0 Å². The number of benzene rings is 1. The van der Waals surface area contributed by atoms with Crippen molar-refractivity contribution in [1.82, 2.24) is 5.43 Å². The number of hydrogen-bond acceptors (Lipinski definition) is 4. The van der Waals surface area contributed by atoms with Gasteiger partial charge in [0.05, 0.1) is 19.6 Å². The molecule has 0 atom stereocenters. The molecule has 2 rings (SSSR count). The second-order valence-electron chi connectivity index (χ2n) is 4.05. The first kappa shape index (κ1) is 19.2. The Hall–Kier alpha value is -0.160. The SMILES string of the molecule is O=C(COc1c(Br)cc(Br)cc1Br)N/N=C/c1cc(Br)c(Br)o1. The Balaban J connectivity index is 1.88. The Morgan fingerprint density at radius 3 is 2.35 bits per heavy atom. The van der Waals surface area contributed by atoms with Crippen LogP contribution >= 0.6 is 79.6 Å². The zero-order chi connectivity index (χ0) is 17.0. The zero-order valence-corrected chi connectivity index (χ0v) is 19.0. The number of carbonyl (C=O) groups excluding carboxylic acids is 1. The van der Waals surface area contributed by atoms with Crippen molar-refractivity contribution in [2.45, 2.75) is 0 Å². The number of nitrogens with zero attached hydrogens (tertiary/aromatic N) is 1. The summed E-state index contributed by atoms with van der Waals surface area (Å²) in [5, 5.41) is 3.80. The van der Waals surface area contributed by atoms with Gasteiger partial charge in [0.1, 0.15) is 11.5 Å². The smallest absolute Gasteiger partial charge is 0.277 e. The predicted molar refractivity (Wildman–Crippen MR) is 105 cm³/mol. The third-order valence-corrected chi connectivity index (χ3v) is 5.70. The van der Waals surface area contributed by atoms with Crippen molar-refractivity contribution in [2.24, 2.45) is 5.10 Å². The maximum absolute atomic E-state index is 11.7. The quantitative estimate of drug-likeness (QED) is 0.342. The molecule has 10 heteroatoms. The van der Waals surface area contributed by atoms with Crippen molar-refractivity contribution in [2.75, 3.05) is 6.61 Å². The summed E-state index contributed by atoms with van der Waals surface area (Å²) >= 11 is 16.6. The molecule has 0 bridgehead atoms. The van der Waals surface area contributed by atoms with Gasteiger partial charge < -0.3 is 9.15 Å². The molecule has 0 fully saturated rings. The van der Waals surface area contributed by atoms with Crippen LogP contribution in [0.1, 0.15) is 5.76 Å². The second-order valence-corrected chi connectivity index (χ2v) is 8.25. The monoisotopic (exact) mass is 634 g/mol. The summed E-state index contributed by atoms with van der Waals surface area (Å²) in [6.45, 7) is -0.179. The summed E-state index contributed by atoms with van der Waals surface area (Å²) in [5.74, 6) is 0.627. The molecule has 0 unspecified atom stereocenters. The fourth-order valence-corrected chi connectivity index (χ4v) is 4.53. The van der Waals surface area contributed by atoms with Crippen molar-refractivity contribution in [3.8, 4) is 5.75 Å². The van der Waals surface area contributed by atoms with E-state index in [2.05, 4.69) is 90.2 Å². The van der Waals surface area contributed by atoms with Gasteiger partial charge in [0.2, 0.25) is 0 Å². The van der Waals surface area contributed by atoms with Crippen LogP contribution in [0.2, 0.25) is 0 Å². The van der Waals surface area contributed by atoms with Gasteiger partial charge in [-0.15, -0.1) is 0 Å². The van der Waals surface area contributed by atoms with Gasteiger partial charge in [-0.25, -0.2) is 5.43 Å². The van der Waals surface area contributed by atoms with Crippen LogP contribution in [-0.4, -0.2) is 18.7 Å². The molecule has 0 spiro atoms. The predicted octanol–water partition coefficient (Wildman–Crippen LogP) is 5.62. The third kappa shape index (κ3) is 5.70. The molecule has 0 aliphatic rings. The van der Waals surface area contributed by atoms with Crippen molar-refractivity contribution >= 4 is 91.8 Å². The maximum atomic E-state index is 11.7. The van der Waals surface area contributed by atoms with Crippen LogP contribution in [-0.2, 0) is 4.79 Å². The minimum absolute atomic E-state index is 0.179. The Kier molecular flexibility index (Phi) is 7.33. The summed E-state index contributed by atoms with van der Waals surface area (Å²) < 4.78 is 14.4. The van der Waals surface area contributed by atoms with E-state index >= 15 is 0 Å². The number of halogens is 5. The van der Waals surface area contributed by atoms with E-state index < -0.39 is 5.91 Å². The third-order valence-electron chi connectivity index (χ3n) is 2.36. The highest BCUT2D eigenvalue weighted by Crippen LogP contribution is 2.36. The highest BCUT2D eigenvalue weighted by Gasteiger charge is 2.10. The maximum Gasteiger partial charge on any atom is 0.277 e. The van der Waals surface area contributed by atoms with E-state index in [-0.39, 0.29) is 6.61 Å². The van der Waals surface area contributed by atoms with Crippen molar-refractivity contribution in [3.05, 3.63) is 46.5 Å². The van der Waals surface area contributed by atoms with Crippen molar-refractivity contribution in [3.63, 3.8) is 0 Å². The lowest BCUT2D eigenvalue weighted by atomic mass is 10.3. The summed E-state index contributed by atoms with van der Waals surface area (Å²) in [6.07, 6.45) is 1.39. The average molecular weight is 639 g/mol. The second kappa shape index (κ2) is 8.80. The standard InChI is InChI=1S/C13H7Br5N2O3/c14-6-1-8(15)12(9(16)2-6)22-5-11(21)20-19-4-7-3-10(17)13(18)23-7/h1-4H,5H2,(H,20,21)/b19-4+. The summed E-state index contributed by atoms with van der Waals surface area (Å²) in [7, 11) is 0. The summed E-state index contributed by atoms with van der Waals surface area (Å²) in [5.41, 5.74) is 2.36. The van der Waals surface area contributed by atoms with E-state index in [1.807, 2.05) is 12.1 Å². The van der Waals surface area contributed by atoms with Gasteiger partial charge in [-0.1, -0.05) is 15.9 Å². The lowest BCUT2D eigenvalue weighted by Crippen LogP contribution is -2.24. The van der Waals surface area contributed by atoms with Crippen molar-refractivity contribution in [1.29, 1.82) is 0 Å². The van der Waals surface area contributed by atoms with Crippen LogP contribution in [0.4, 0.5) is 0 Å². The Morgan fingerprint density at radius 2 is 1.78 bits per heavy atom. The molecule has 5 nitrogen and oxygen atoms in total. The zero-order valence-electron chi connectivity index (χ0n) is 11.1. The van der Waals surface area contributed by atoms with Gasteiger partial charge in [0.25, 0.3) is 5.91 Å². The topological polar surface area (TPSA) is 63.8 Å². The molecule has 1 N–H and O–H groups in total. The van der Waals surface area contributed by atoms with Crippen LogP contribution in [0, 0.1) is 0 Å². The normalized spacial score (nSPS) is 11.0. The van der Waals surface area contributed by atoms with Crippen LogP contribution in [0.3, 0.4) is 0 Å². The molecular formula is C13H7Br5N2O3. The number of amides is 1. The molecule has 1 heterocycles. The molecule has 0 aliphatic carbocycles. The lowest BCUT2D eigenvalue weighted by molar-refractivity contribution is -0.123. The van der Waals surface area contributed by atoms with E-state index in [1.165, 1.54) is 6.21 Å². The number of hydrogen-bond donors (Lipinski definition) is 1. The first-order chi connectivity index (χ1) is 10.9. The molecule has 0 aliphatic heterocycles. The van der Waals surface area contributed by atoms with Gasteiger partial charge in [0, 0.05) is 10.5 Å². The summed E-state index contributed by atoms with van der Waals surface area (Å²) in [4.78, 5) is 11.7. The lowest BCUT2D eigenvalue weighted by Gasteiger charge is -2.09. The van der Waals surface area contributed by atoms with E-state index in [0.717, 1.165) is 17.9 Å². The number of rotatable bonds is 5.